The minimum atomic E-state index is -0.915. The second-order valence-electron chi connectivity index (χ2n) is 5.38. The van der Waals surface area contributed by atoms with Gasteiger partial charge in [-0.1, -0.05) is 12.1 Å². The summed E-state index contributed by atoms with van der Waals surface area (Å²) in [5.41, 5.74) is 0.955. The number of hydrogen-bond acceptors (Lipinski definition) is 5. The lowest BCUT2D eigenvalue weighted by atomic mass is 10.1. The topological polar surface area (TPSA) is 79.7 Å². The highest BCUT2D eigenvalue weighted by Gasteiger charge is 2.34. The van der Waals surface area contributed by atoms with Crippen LogP contribution in [0.1, 0.15) is 11.3 Å². The molecule has 1 aromatic heterocycles. The normalized spacial score (nSPS) is 17.5. The lowest BCUT2D eigenvalue weighted by molar-refractivity contribution is -0.141. The number of carboxylic acids is 1. The van der Waals surface area contributed by atoms with Gasteiger partial charge in [0.15, 0.2) is 0 Å². The highest BCUT2D eigenvalue weighted by Crippen LogP contribution is 2.29. The Labute approximate surface area is 137 Å². The first-order chi connectivity index (χ1) is 11.1. The van der Waals surface area contributed by atoms with E-state index >= 15 is 0 Å². The molecule has 1 atom stereocenters. The van der Waals surface area contributed by atoms with Gasteiger partial charge in [-0.05, 0) is 12.1 Å². The van der Waals surface area contributed by atoms with Crippen LogP contribution in [0.4, 0.5) is 0 Å². The smallest absolute Gasteiger partial charge is 0.308 e. The molecule has 2 aromatic rings. The monoisotopic (exact) mass is 332 g/mol. The highest BCUT2D eigenvalue weighted by molar-refractivity contribution is 7.15. The Balaban J connectivity index is 1.72. The predicted octanol–water partition coefficient (Wildman–Crippen LogP) is 2.25. The van der Waals surface area contributed by atoms with Crippen molar-refractivity contribution in [2.24, 2.45) is 5.92 Å². The fourth-order valence-corrected chi connectivity index (χ4v) is 3.47. The van der Waals surface area contributed by atoms with Crippen molar-refractivity contribution in [2.45, 2.75) is 13.0 Å². The number of carbonyl (C=O) groups excluding carboxylic acids is 1. The molecular weight excluding hydrogens is 316 g/mol. The summed E-state index contributed by atoms with van der Waals surface area (Å²) in [7, 11) is 1.62. The van der Waals surface area contributed by atoms with E-state index in [4.69, 9.17) is 9.84 Å². The van der Waals surface area contributed by atoms with Crippen molar-refractivity contribution in [1.82, 2.24) is 9.88 Å². The Morgan fingerprint density at radius 1 is 1.52 bits per heavy atom. The van der Waals surface area contributed by atoms with Gasteiger partial charge in [0.05, 0.1) is 19.6 Å². The van der Waals surface area contributed by atoms with Crippen LogP contribution in [0, 0.1) is 5.92 Å². The summed E-state index contributed by atoms with van der Waals surface area (Å²) in [5.74, 6) is -0.873. The number of ether oxygens (including phenoxy) is 1. The SMILES string of the molecule is COc1cccc(-c2ncc(CN3C[C@H](C(=O)O)CC3=O)s2)c1. The van der Waals surface area contributed by atoms with Crippen molar-refractivity contribution in [3.63, 3.8) is 0 Å². The molecule has 0 spiro atoms. The van der Waals surface area contributed by atoms with E-state index in [1.165, 1.54) is 11.3 Å². The number of amides is 1. The zero-order valence-electron chi connectivity index (χ0n) is 12.6. The van der Waals surface area contributed by atoms with Gasteiger partial charge in [0.25, 0.3) is 0 Å². The maximum absolute atomic E-state index is 11.9. The lowest BCUT2D eigenvalue weighted by Crippen LogP contribution is -2.25. The molecule has 3 rings (SSSR count). The van der Waals surface area contributed by atoms with Crippen LogP contribution in [0.15, 0.2) is 30.5 Å². The molecule has 0 aliphatic carbocycles. The highest BCUT2D eigenvalue weighted by atomic mass is 32.1. The summed E-state index contributed by atoms with van der Waals surface area (Å²) in [4.78, 5) is 29.8. The van der Waals surface area contributed by atoms with Gasteiger partial charge in [0.2, 0.25) is 5.91 Å². The van der Waals surface area contributed by atoms with E-state index in [0.717, 1.165) is 21.2 Å². The van der Waals surface area contributed by atoms with E-state index in [1.54, 1.807) is 18.2 Å². The van der Waals surface area contributed by atoms with Gasteiger partial charge in [-0.15, -0.1) is 11.3 Å². The van der Waals surface area contributed by atoms with Crippen LogP contribution in [-0.2, 0) is 16.1 Å². The second kappa shape index (κ2) is 6.37. The van der Waals surface area contributed by atoms with Gasteiger partial charge in [-0.2, -0.15) is 0 Å². The van der Waals surface area contributed by atoms with Crippen molar-refractivity contribution in [3.05, 3.63) is 35.3 Å². The number of likely N-dealkylation sites (tertiary alicyclic amines) is 1. The lowest BCUT2D eigenvalue weighted by Gasteiger charge is -2.14. The van der Waals surface area contributed by atoms with Crippen LogP contribution in [0.5, 0.6) is 5.75 Å². The molecule has 2 heterocycles. The summed E-state index contributed by atoms with van der Waals surface area (Å²) < 4.78 is 5.21. The first-order valence-corrected chi connectivity index (χ1v) is 7.98. The molecule has 7 heteroatoms. The first-order valence-electron chi connectivity index (χ1n) is 7.16. The molecule has 0 bridgehead atoms. The van der Waals surface area contributed by atoms with E-state index < -0.39 is 11.9 Å². The standard InChI is InChI=1S/C16H16N2O4S/c1-22-12-4-2-3-10(5-12)15-17-7-13(23-15)9-18-8-11(16(20)21)6-14(18)19/h2-5,7,11H,6,8-9H2,1H3,(H,20,21)/t11-/m1/s1. The van der Waals surface area contributed by atoms with Crippen LogP contribution in [0.3, 0.4) is 0 Å². The fourth-order valence-electron chi connectivity index (χ4n) is 2.55. The minimum absolute atomic E-state index is 0.0802. The third kappa shape index (κ3) is 3.34. The largest absolute Gasteiger partial charge is 0.497 e. The number of nitrogens with zero attached hydrogens (tertiary/aromatic N) is 2. The van der Waals surface area contributed by atoms with Gasteiger partial charge < -0.3 is 14.7 Å². The molecule has 1 N–H and O–H groups in total. The van der Waals surface area contributed by atoms with Gasteiger partial charge >= 0.3 is 5.97 Å². The maximum atomic E-state index is 11.9. The average molecular weight is 332 g/mol. The number of aromatic nitrogens is 1. The number of rotatable bonds is 5. The third-order valence-electron chi connectivity index (χ3n) is 3.78. The van der Waals surface area contributed by atoms with E-state index in [1.807, 2.05) is 24.3 Å². The summed E-state index contributed by atoms with van der Waals surface area (Å²) in [6.45, 7) is 0.671. The summed E-state index contributed by atoms with van der Waals surface area (Å²) in [6.07, 6.45) is 1.82. The maximum Gasteiger partial charge on any atom is 0.308 e. The Bertz CT molecular complexity index is 743. The number of carbonyl (C=O) groups is 2. The Hall–Kier alpha value is -2.41. The molecule has 120 valence electrons. The molecule has 1 aliphatic heterocycles. The van der Waals surface area contributed by atoms with Crippen LogP contribution < -0.4 is 4.74 Å². The van der Waals surface area contributed by atoms with Crippen LogP contribution in [0.2, 0.25) is 0 Å². The quantitative estimate of drug-likeness (QED) is 0.908. The Morgan fingerprint density at radius 3 is 3.04 bits per heavy atom. The third-order valence-corrected chi connectivity index (χ3v) is 4.81. The summed E-state index contributed by atoms with van der Waals surface area (Å²) >= 11 is 1.50. The van der Waals surface area contributed by atoms with Crippen molar-refractivity contribution < 1.29 is 19.4 Å². The molecule has 0 saturated carbocycles. The Morgan fingerprint density at radius 2 is 2.35 bits per heavy atom. The van der Waals surface area contributed by atoms with E-state index in [9.17, 15) is 9.59 Å². The van der Waals surface area contributed by atoms with E-state index in [2.05, 4.69) is 4.98 Å². The van der Waals surface area contributed by atoms with Crippen molar-refractivity contribution in [3.8, 4) is 16.3 Å². The number of carboxylic acid groups (broad SMARTS) is 1. The zero-order valence-corrected chi connectivity index (χ0v) is 13.4. The molecule has 1 aromatic carbocycles. The molecule has 23 heavy (non-hydrogen) atoms. The Kier molecular flexibility index (Phi) is 4.29. The molecule has 1 saturated heterocycles. The zero-order chi connectivity index (χ0) is 16.4. The minimum Gasteiger partial charge on any atom is -0.497 e. The van der Waals surface area contributed by atoms with Crippen molar-refractivity contribution >= 4 is 23.2 Å². The second-order valence-corrected chi connectivity index (χ2v) is 6.49. The van der Waals surface area contributed by atoms with Gasteiger partial charge in [-0.25, -0.2) is 4.98 Å². The van der Waals surface area contributed by atoms with E-state index in [-0.39, 0.29) is 18.9 Å². The summed E-state index contributed by atoms with van der Waals surface area (Å²) in [6, 6.07) is 7.63. The van der Waals surface area contributed by atoms with Gasteiger partial charge in [0, 0.05) is 29.6 Å². The van der Waals surface area contributed by atoms with Gasteiger partial charge in [0.1, 0.15) is 10.8 Å². The van der Waals surface area contributed by atoms with Crippen molar-refractivity contribution in [2.75, 3.05) is 13.7 Å². The van der Waals surface area contributed by atoms with Gasteiger partial charge in [-0.3, -0.25) is 9.59 Å². The number of hydrogen-bond donors (Lipinski definition) is 1. The number of thiazole rings is 1. The van der Waals surface area contributed by atoms with E-state index in [0.29, 0.717) is 6.54 Å². The van der Waals surface area contributed by atoms with Crippen LogP contribution in [-0.4, -0.2) is 40.5 Å². The van der Waals surface area contributed by atoms with Crippen LogP contribution >= 0.6 is 11.3 Å². The molecule has 0 unspecified atom stereocenters. The molecule has 1 aliphatic rings. The fraction of sp³-hybridized carbons (Fsp3) is 0.312. The summed E-state index contributed by atoms with van der Waals surface area (Å²) in [5, 5.41) is 9.86. The molecule has 1 amide bonds. The van der Waals surface area contributed by atoms with Crippen molar-refractivity contribution in [1.29, 1.82) is 0 Å². The molecular formula is C16H16N2O4S. The molecule has 1 fully saturated rings. The number of aliphatic carboxylic acids is 1. The van der Waals surface area contributed by atoms with Crippen LogP contribution in [0.25, 0.3) is 10.6 Å². The molecule has 0 radical (unpaired) electrons. The number of methoxy groups -OCH3 is 1. The first kappa shape index (κ1) is 15.5. The molecule has 6 nitrogen and oxygen atoms in total. The predicted molar refractivity (Wildman–Crippen MR) is 85.3 cm³/mol. The average Bonchev–Trinajstić information content (AvgIpc) is 3.15. The number of benzene rings is 1.